The van der Waals surface area contributed by atoms with E-state index in [0.29, 0.717) is 0 Å². The van der Waals surface area contributed by atoms with Crippen molar-refractivity contribution >= 4 is 17.9 Å². The van der Waals surface area contributed by atoms with E-state index in [1.54, 1.807) is 20.8 Å². The lowest BCUT2D eigenvalue weighted by molar-refractivity contribution is -0.147. The van der Waals surface area contributed by atoms with Gasteiger partial charge in [-0.1, -0.05) is 0 Å². The van der Waals surface area contributed by atoms with Crippen molar-refractivity contribution in [3.8, 4) is 0 Å². The lowest BCUT2D eigenvalue weighted by Crippen LogP contribution is -2.25. The fraction of sp³-hybridized carbons (Fsp3) is 0.727. The summed E-state index contributed by atoms with van der Waals surface area (Å²) >= 11 is 0. The van der Waals surface area contributed by atoms with Crippen molar-refractivity contribution in [2.45, 2.75) is 39.7 Å². The third-order valence-corrected chi connectivity index (χ3v) is 1.35. The molecule has 0 fully saturated rings. The maximum Gasteiger partial charge on any atom is 0.508 e. The van der Waals surface area contributed by atoms with Gasteiger partial charge in [-0.25, -0.2) is 4.79 Å². The highest BCUT2D eigenvalue weighted by molar-refractivity contribution is 5.94. The summed E-state index contributed by atoms with van der Waals surface area (Å²) in [5, 5.41) is 0. The van der Waals surface area contributed by atoms with E-state index < -0.39 is 17.7 Å². The minimum absolute atomic E-state index is 0.0919. The number of ketones is 1. The van der Waals surface area contributed by atoms with Crippen LogP contribution in [0.2, 0.25) is 0 Å². The Morgan fingerprint density at radius 1 is 1.00 bits per heavy atom. The lowest BCUT2D eigenvalue weighted by Gasteiger charge is -2.18. The minimum atomic E-state index is -0.819. The van der Waals surface area contributed by atoms with Gasteiger partial charge in [0.05, 0.1) is 0 Å². The molecule has 0 aromatic carbocycles. The van der Waals surface area contributed by atoms with Gasteiger partial charge < -0.3 is 14.2 Å². The highest BCUT2D eigenvalue weighted by Crippen LogP contribution is 2.07. The van der Waals surface area contributed by atoms with Crippen LogP contribution in [0.4, 0.5) is 4.79 Å². The van der Waals surface area contributed by atoms with Crippen LogP contribution in [0.1, 0.15) is 34.1 Å². The Hall–Kier alpha value is -1.59. The summed E-state index contributed by atoms with van der Waals surface area (Å²) in [5.74, 6) is -0.909. The van der Waals surface area contributed by atoms with Crippen LogP contribution in [0, 0.1) is 0 Å². The van der Waals surface area contributed by atoms with E-state index in [-0.39, 0.29) is 25.4 Å². The first-order chi connectivity index (χ1) is 7.70. The Morgan fingerprint density at radius 3 is 2.00 bits per heavy atom. The second-order valence-electron chi connectivity index (χ2n) is 4.41. The summed E-state index contributed by atoms with van der Waals surface area (Å²) in [4.78, 5) is 32.5. The Bertz CT molecular complexity index is 289. The molecule has 0 bridgehead atoms. The first-order valence-electron chi connectivity index (χ1n) is 5.21. The second-order valence-corrected chi connectivity index (χ2v) is 4.41. The largest absolute Gasteiger partial charge is 0.508 e. The summed E-state index contributed by atoms with van der Waals surface area (Å²) in [6, 6.07) is 0. The zero-order valence-electron chi connectivity index (χ0n) is 10.6. The van der Waals surface area contributed by atoms with Gasteiger partial charge in [-0.2, -0.15) is 0 Å². The van der Waals surface area contributed by atoms with Gasteiger partial charge in [0.1, 0.15) is 31.0 Å². The number of hydrogen-bond donors (Lipinski definition) is 0. The molecule has 98 valence electrons. The van der Waals surface area contributed by atoms with Crippen molar-refractivity contribution in [3.63, 3.8) is 0 Å². The van der Waals surface area contributed by atoms with Gasteiger partial charge >= 0.3 is 12.1 Å². The maximum absolute atomic E-state index is 11.0. The Labute approximate surface area is 100 Å². The van der Waals surface area contributed by atoms with Crippen LogP contribution >= 0.6 is 0 Å². The van der Waals surface area contributed by atoms with Crippen molar-refractivity contribution < 1.29 is 28.6 Å². The van der Waals surface area contributed by atoms with Crippen molar-refractivity contribution in [1.82, 2.24) is 0 Å². The van der Waals surface area contributed by atoms with Crippen LogP contribution in [-0.2, 0) is 23.8 Å². The molecule has 0 radical (unpaired) electrons. The number of Topliss-reactive ketones (excluding diaryl/α,β-unsaturated/α-hetero) is 1. The number of ether oxygens (including phenoxy) is 3. The SMILES string of the molecule is CC(=O)CC(=O)OCCOC(=O)OC(C)(C)C. The normalized spacial score (nSPS) is 10.6. The minimum Gasteiger partial charge on any atom is -0.462 e. The lowest BCUT2D eigenvalue weighted by atomic mass is 10.2. The van der Waals surface area contributed by atoms with Gasteiger partial charge in [-0.05, 0) is 27.7 Å². The third-order valence-electron chi connectivity index (χ3n) is 1.35. The molecule has 0 saturated heterocycles. The average Bonchev–Trinajstić information content (AvgIpc) is 2.08. The van der Waals surface area contributed by atoms with E-state index in [1.165, 1.54) is 6.92 Å². The van der Waals surface area contributed by atoms with Gasteiger partial charge in [-0.15, -0.1) is 0 Å². The highest BCUT2D eigenvalue weighted by Gasteiger charge is 2.17. The molecule has 0 atom stereocenters. The summed E-state index contributed by atoms with van der Waals surface area (Å²) < 4.78 is 14.1. The molecular formula is C11H18O6. The van der Waals surface area contributed by atoms with Crippen molar-refractivity contribution in [3.05, 3.63) is 0 Å². The quantitative estimate of drug-likeness (QED) is 0.415. The van der Waals surface area contributed by atoms with Crippen LogP contribution in [0.5, 0.6) is 0 Å². The summed E-state index contributed by atoms with van der Waals surface area (Å²) in [7, 11) is 0. The predicted molar refractivity (Wildman–Crippen MR) is 58.4 cm³/mol. The first-order valence-corrected chi connectivity index (χ1v) is 5.21. The predicted octanol–water partition coefficient (Wildman–Crippen LogP) is 1.46. The van der Waals surface area contributed by atoms with Crippen LogP contribution in [0.3, 0.4) is 0 Å². The smallest absolute Gasteiger partial charge is 0.462 e. The van der Waals surface area contributed by atoms with Crippen molar-refractivity contribution in [2.24, 2.45) is 0 Å². The zero-order chi connectivity index (χ0) is 13.5. The number of carbonyl (C=O) groups excluding carboxylic acids is 3. The van der Waals surface area contributed by atoms with Crippen molar-refractivity contribution in [2.75, 3.05) is 13.2 Å². The van der Waals surface area contributed by atoms with Gasteiger partial charge in [-0.3, -0.25) is 9.59 Å². The maximum atomic E-state index is 11.0. The molecule has 0 aliphatic carbocycles. The van der Waals surface area contributed by atoms with E-state index in [0.717, 1.165) is 0 Å². The van der Waals surface area contributed by atoms with Crippen LogP contribution < -0.4 is 0 Å². The Morgan fingerprint density at radius 2 is 1.53 bits per heavy atom. The summed E-state index contributed by atoms with van der Waals surface area (Å²) in [6.45, 7) is 6.23. The second kappa shape index (κ2) is 6.88. The fourth-order valence-corrected chi connectivity index (χ4v) is 0.814. The number of hydrogen-bond acceptors (Lipinski definition) is 6. The average molecular weight is 246 g/mol. The topological polar surface area (TPSA) is 78.9 Å². The van der Waals surface area contributed by atoms with Crippen LogP contribution in [0.15, 0.2) is 0 Å². The number of carbonyl (C=O) groups is 3. The van der Waals surface area contributed by atoms with Crippen LogP contribution in [0.25, 0.3) is 0 Å². The molecule has 6 heteroatoms. The van der Waals surface area contributed by atoms with Gasteiger partial charge in [0, 0.05) is 0 Å². The molecular weight excluding hydrogens is 228 g/mol. The molecule has 0 aliphatic heterocycles. The summed E-state index contributed by atoms with van der Waals surface area (Å²) in [5.41, 5.74) is -0.623. The fourth-order valence-electron chi connectivity index (χ4n) is 0.814. The zero-order valence-corrected chi connectivity index (χ0v) is 10.6. The molecule has 0 rings (SSSR count). The van der Waals surface area contributed by atoms with E-state index in [2.05, 4.69) is 9.47 Å². The van der Waals surface area contributed by atoms with Gasteiger partial charge in [0.2, 0.25) is 0 Å². The van der Waals surface area contributed by atoms with E-state index in [4.69, 9.17) is 4.74 Å². The molecule has 0 N–H and O–H groups in total. The molecule has 17 heavy (non-hydrogen) atoms. The molecule has 0 spiro atoms. The number of esters is 1. The molecule has 0 heterocycles. The number of rotatable bonds is 5. The molecule has 0 aromatic heterocycles. The summed E-state index contributed by atoms with van der Waals surface area (Å²) in [6.07, 6.45) is -1.09. The van der Waals surface area contributed by atoms with Gasteiger partial charge in [0.15, 0.2) is 0 Å². The standard InChI is InChI=1S/C11H18O6/c1-8(12)7-9(13)15-5-6-16-10(14)17-11(2,3)4/h5-7H2,1-4H3. The molecule has 0 unspecified atom stereocenters. The first kappa shape index (κ1) is 15.4. The molecule has 0 aromatic rings. The van der Waals surface area contributed by atoms with E-state index >= 15 is 0 Å². The monoisotopic (exact) mass is 246 g/mol. The Balaban J connectivity index is 3.61. The Kier molecular flexibility index (Phi) is 6.23. The highest BCUT2D eigenvalue weighted by atomic mass is 16.7. The molecule has 0 amide bonds. The third kappa shape index (κ3) is 10.7. The van der Waals surface area contributed by atoms with E-state index in [9.17, 15) is 14.4 Å². The molecule has 0 saturated carbocycles. The molecule has 0 aliphatic rings. The van der Waals surface area contributed by atoms with E-state index in [1.807, 2.05) is 0 Å². The van der Waals surface area contributed by atoms with Crippen molar-refractivity contribution in [1.29, 1.82) is 0 Å². The molecule has 6 nitrogen and oxygen atoms in total. The van der Waals surface area contributed by atoms with Crippen LogP contribution in [-0.4, -0.2) is 36.7 Å². The van der Waals surface area contributed by atoms with Gasteiger partial charge in [0.25, 0.3) is 0 Å².